The summed E-state index contributed by atoms with van der Waals surface area (Å²) in [6.07, 6.45) is 0. The van der Waals surface area contributed by atoms with E-state index in [2.05, 4.69) is 19.2 Å². The first-order valence-corrected chi connectivity index (χ1v) is 8.19. The van der Waals surface area contributed by atoms with Crippen LogP contribution in [0.2, 0.25) is 5.02 Å². The minimum atomic E-state index is -0.190. The molecule has 1 amide bonds. The van der Waals surface area contributed by atoms with E-state index in [1.807, 2.05) is 36.4 Å². The number of hydrogen-bond acceptors (Lipinski definition) is 3. The van der Waals surface area contributed by atoms with Gasteiger partial charge in [0.15, 0.2) is 6.61 Å². The van der Waals surface area contributed by atoms with Gasteiger partial charge in [-0.25, -0.2) is 0 Å². The van der Waals surface area contributed by atoms with Crippen molar-refractivity contribution in [1.82, 2.24) is 5.32 Å². The molecule has 128 valence electrons. The summed E-state index contributed by atoms with van der Waals surface area (Å²) in [7, 11) is 1.63. The van der Waals surface area contributed by atoms with Crippen LogP contribution in [-0.2, 0) is 4.79 Å². The van der Waals surface area contributed by atoms with Crippen molar-refractivity contribution in [2.24, 2.45) is 5.92 Å². The lowest BCUT2D eigenvalue weighted by Gasteiger charge is -2.23. The highest BCUT2D eigenvalue weighted by Crippen LogP contribution is 2.25. The fourth-order valence-corrected chi connectivity index (χ4v) is 2.56. The van der Waals surface area contributed by atoms with E-state index in [1.165, 1.54) is 0 Å². The Bertz CT molecular complexity index is 671. The van der Waals surface area contributed by atoms with Gasteiger partial charge in [0.05, 0.1) is 18.2 Å². The molecule has 0 aromatic heterocycles. The normalized spacial score (nSPS) is 11.9. The van der Waals surface area contributed by atoms with E-state index in [1.54, 1.807) is 19.2 Å². The molecule has 0 unspecified atom stereocenters. The fourth-order valence-electron chi connectivity index (χ4n) is 2.37. The van der Waals surface area contributed by atoms with Crippen LogP contribution in [0.5, 0.6) is 11.5 Å². The zero-order valence-corrected chi connectivity index (χ0v) is 14.8. The number of halogens is 1. The van der Waals surface area contributed by atoms with Crippen LogP contribution < -0.4 is 14.8 Å². The van der Waals surface area contributed by atoms with Gasteiger partial charge in [0.25, 0.3) is 5.91 Å². The Kier molecular flexibility index (Phi) is 6.50. The molecule has 0 aliphatic carbocycles. The van der Waals surface area contributed by atoms with E-state index >= 15 is 0 Å². The van der Waals surface area contributed by atoms with Gasteiger partial charge in [-0.15, -0.1) is 0 Å². The van der Waals surface area contributed by atoms with Crippen LogP contribution >= 0.6 is 11.6 Å². The number of methoxy groups -OCH3 is 1. The van der Waals surface area contributed by atoms with Gasteiger partial charge in [-0.1, -0.05) is 49.7 Å². The van der Waals surface area contributed by atoms with Crippen LogP contribution in [0.3, 0.4) is 0 Å². The summed E-state index contributed by atoms with van der Waals surface area (Å²) in [6, 6.07) is 14.7. The topological polar surface area (TPSA) is 47.6 Å². The fraction of sp³-hybridized carbons (Fsp3) is 0.316. The quantitative estimate of drug-likeness (QED) is 0.814. The SMILES string of the molecule is COc1ccc([C@@H](NC(=O)COc2ccccc2Cl)C(C)C)cc1. The second-order valence-electron chi connectivity index (χ2n) is 5.78. The van der Waals surface area contributed by atoms with E-state index in [9.17, 15) is 4.79 Å². The van der Waals surface area contributed by atoms with Gasteiger partial charge < -0.3 is 14.8 Å². The molecule has 0 aliphatic heterocycles. The minimum absolute atomic E-state index is 0.0802. The van der Waals surface area contributed by atoms with E-state index in [0.717, 1.165) is 11.3 Å². The van der Waals surface area contributed by atoms with E-state index in [0.29, 0.717) is 10.8 Å². The summed E-state index contributed by atoms with van der Waals surface area (Å²) in [5, 5.41) is 3.50. The second kappa shape index (κ2) is 8.60. The molecular weight excluding hydrogens is 326 g/mol. The van der Waals surface area contributed by atoms with Gasteiger partial charge in [0.2, 0.25) is 0 Å². The van der Waals surface area contributed by atoms with Crippen molar-refractivity contribution in [3.05, 3.63) is 59.1 Å². The van der Waals surface area contributed by atoms with Crippen molar-refractivity contribution >= 4 is 17.5 Å². The Morgan fingerprint density at radius 2 is 1.79 bits per heavy atom. The monoisotopic (exact) mass is 347 g/mol. The summed E-state index contributed by atoms with van der Waals surface area (Å²) in [5.74, 6) is 1.33. The Hall–Kier alpha value is -2.20. The van der Waals surface area contributed by atoms with Crippen LogP contribution in [0.15, 0.2) is 48.5 Å². The van der Waals surface area contributed by atoms with Gasteiger partial charge in [-0.05, 0) is 35.7 Å². The number of rotatable bonds is 7. The number of hydrogen-bond donors (Lipinski definition) is 1. The number of ether oxygens (including phenoxy) is 2. The third-order valence-electron chi connectivity index (χ3n) is 3.65. The number of nitrogens with one attached hydrogen (secondary N) is 1. The van der Waals surface area contributed by atoms with Crippen molar-refractivity contribution in [3.8, 4) is 11.5 Å². The smallest absolute Gasteiger partial charge is 0.258 e. The predicted octanol–water partition coefficient (Wildman–Crippen LogP) is 4.24. The molecule has 0 saturated heterocycles. The summed E-state index contributed by atoms with van der Waals surface area (Å²) in [5.41, 5.74) is 1.02. The van der Waals surface area contributed by atoms with E-state index in [4.69, 9.17) is 21.1 Å². The van der Waals surface area contributed by atoms with Crippen LogP contribution in [0.1, 0.15) is 25.5 Å². The molecule has 0 fully saturated rings. The summed E-state index contributed by atoms with van der Waals surface area (Å²) in [6.45, 7) is 4.04. The maximum Gasteiger partial charge on any atom is 0.258 e. The predicted molar refractivity (Wildman–Crippen MR) is 95.7 cm³/mol. The highest BCUT2D eigenvalue weighted by atomic mass is 35.5. The average molecular weight is 348 g/mol. The Morgan fingerprint density at radius 1 is 1.12 bits per heavy atom. The Balaban J connectivity index is 1.99. The molecule has 1 atom stereocenters. The summed E-state index contributed by atoms with van der Waals surface area (Å²) >= 11 is 6.02. The molecule has 24 heavy (non-hydrogen) atoms. The summed E-state index contributed by atoms with van der Waals surface area (Å²) < 4.78 is 10.7. The zero-order valence-electron chi connectivity index (χ0n) is 14.1. The van der Waals surface area contributed by atoms with Crippen molar-refractivity contribution in [3.63, 3.8) is 0 Å². The average Bonchev–Trinajstić information content (AvgIpc) is 2.59. The van der Waals surface area contributed by atoms with Crippen molar-refractivity contribution < 1.29 is 14.3 Å². The molecule has 1 N–H and O–H groups in total. The highest BCUT2D eigenvalue weighted by Gasteiger charge is 2.19. The number of amides is 1. The van der Waals surface area contributed by atoms with Crippen LogP contribution in [-0.4, -0.2) is 19.6 Å². The van der Waals surface area contributed by atoms with Crippen LogP contribution in [0.25, 0.3) is 0 Å². The molecule has 0 aliphatic rings. The van der Waals surface area contributed by atoms with Gasteiger partial charge in [-0.3, -0.25) is 4.79 Å². The van der Waals surface area contributed by atoms with Crippen LogP contribution in [0.4, 0.5) is 0 Å². The summed E-state index contributed by atoms with van der Waals surface area (Å²) in [4.78, 5) is 12.2. The van der Waals surface area contributed by atoms with Crippen molar-refractivity contribution in [1.29, 1.82) is 0 Å². The maximum absolute atomic E-state index is 12.2. The first-order chi connectivity index (χ1) is 11.5. The number of carbonyl (C=O) groups excluding carboxylic acids is 1. The number of benzene rings is 2. The lowest BCUT2D eigenvalue weighted by atomic mass is 9.96. The standard InChI is InChI=1S/C19H22ClNO3/c1-13(2)19(14-8-10-15(23-3)11-9-14)21-18(22)12-24-17-7-5-4-6-16(17)20/h4-11,13,19H,12H2,1-3H3,(H,21,22)/t19-/m0/s1. The molecule has 5 heteroatoms. The van der Waals surface area contributed by atoms with Gasteiger partial charge >= 0.3 is 0 Å². The Morgan fingerprint density at radius 3 is 2.38 bits per heavy atom. The van der Waals surface area contributed by atoms with Gasteiger partial charge in [0.1, 0.15) is 11.5 Å². The maximum atomic E-state index is 12.2. The first-order valence-electron chi connectivity index (χ1n) is 7.82. The molecule has 0 heterocycles. The Labute approximate surface area is 147 Å². The number of para-hydroxylation sites is 1. The minimum Gasteiger partial charge on any atom is -0.497 e. The highest BCUT2D eigenvalue weighted by molar-refractivity contribution is 6.32. The van der Waals surface area contributed by atoms with Gasteiger partial charge in [0, 0.05) is 0 Å². The molecule has 4 nitrogen and oxygen atoms in total. The molecule has 0 saturated carbocycles. The van der Waals surface area contributed by atoms with Crippen molar-refractivity contribution in [2.75, 3.05) is 13.7 Å². The molecular formula is C19H22ClNO3. The van der Waals surface area contributed by atoms with Gasteiger partial charge in [-0.2, -0.15) is 0 Å². The molecule has 0 spiro atoms. The third kappa shape index (κ3) is 4.90. The third-order valence-corrected chi connectivity index (χ3v) is 3.97. The second-order valence-corrected chi connectivity index (χ2v) is 6.19. The zero-order chi connectivity index (χ0) is 17.5. The number of carbonyl (C=O) groups is 1. The first kappa shape index (κ1) is 18.1. The molecule has 0 radical (unpaired) electrons. The molecule has 0 bridgehead atoms. The van der Waals surface area contributed by atoms with Crippen LogP contribution in [0, 0.1) is 5.92 Å². The van der Waals surface area contributed by atoms with Crippen molar-refractivity contribution in [2.45, 2.75) is 19.9 Å². The van der Waals surface area contributed by atoms with E-state index in [-0.39, 0.29) is 24.5 Å². The molecule has 2 rings (SSSR count). The van der Waals surface area contributed by atoms with E-state index < -0.39 is 0 Å². The lowest BCUT2D eigenvalue weighted by Crippen LogP contribution is -2.35. The molecule has 2 aromatic carbocycles. The largest absolute Gasteiger partial charge is 0.497 e. The molecule has 2 aromatic rings. The lowest BCUT2D eigenvalue weighted by molar-refractivity contribution is -0.124.